The van der Waals surface area contributed by atoms with Crippen LogP contribution in [0.25, 0.3) is 0 Å². The van der Waals surface area contributed by atoms with Gasteiger partial charge in [0, 0.05) is 37.4 Å². The summed E-state index contributed by atoms with van der Waals surface area (Å²) in [4.78, 5) is 67.0. The van der Waals surface area contributed by atoms with E-state index in [4.69, 9.17) is 0 Å². The van der Waals surface area contributed by atoms with E-state index in [0.717, 1.165) is 24.6 Å². The molecule has 0 aromatic carbocycles. The van der Waals surface area contributed by atoms with Gasteiger partial charge in [-0.2, -0.15) is 0 Å². The van der Waals surface area contributed by atoms with Gasteiger partial charge in [-0.1, -0.05) is 6.92 Å². The zero-order chi connectivity index (χ0) is 25.9. The van der Waals surface area contributed by atoms with Gasteiger partial charge in [-0.05, 0) is 33.6 Å². The van der Waals surface area contributed by atoms with Crippen LogP contribution in [0.4, 0.5) is 0 Å². The second-order valence-corrected chi connectivity index (χ2v) is 6.83. The Bertz CT molecular complexity index is 779. The predicted molar refractivity (Wildman–Crippen MR) is 122 cm³/mol. The fraction of sp³-hybridized carbons (Fsp3) is 0.545. The maximum absolute atomic E-state index is 11.6. The van der Waals surface area contributed by atoms with E-state index < -0.39 is 29.9 Å². The van der Waals surface area contributed by atoms with E-state index in [-0.39, 0.29) is 37.3 Å². The van der Waals surface area contributed by atoms with Crippen LogP contribution in [0.15, 0.2) is 24.3 Å². The molecule has 12 nitrogen and oxygen atoms in total. The molecule has 190 valence electrons. The van der Waals surface area contributed by atoms with Crippen LogP contribution < -0.4 is 21.3 Å². The van der Waals surface area contributed by atoms with Gasteiger partial charge in [-0.25, -0.2) is 9.59 Å². The topological polar surface area (TPSA) is 169 Å². The lowest BCUT2D eigenvalue weighted by atomic mass is 10.1. The molecule has 2 unspecified atom stereocenters. The van der Waals surface area contributed by atoms with Crippen molar-refractivity contribution >= 4 is 35.6 Å². The lowest BCUT2D eigenvalue weighted by molar-refractivity contribution is -0.138. The van der Waals surface area contributed by atoms with Crippen molar-refractivity contribution in [3.63, 3.8) is 0 Å². The zero-order valence-corrected chi connectivity index (χ0v) is 20.0. The van der Waals surface area contributed by atoms with Crippen LogP contribution in [0.1, 0.15) is 40.5 Å². The van der Waals surface area contributed by atoms with Crippen molar-refractivity contribution in [3.8, 4) is 0 Å². The van der Waals surface area contributed by atoms with Crippen LogP contribution in [0.5, 0.6) is 0 Å². The molecule has 34 heavy (non-hydrogen) atoms. The van der Waals surface area contributed by atoms with Crippen LogP contribution in [0.3, 0.4) is 0 Å². The molecule has 4 amide bonds. The number of rotatable bonds is 11. The summed E-state index contributed by atoms with van der Waals surface area (Å²) >= 11 is 0. The minimum atomic E-state index is -0.664. The molecule has 0 radical (unpaired) electrons. The van der Waals surface area contributed by atoms with Crippen molar-refractivity contribution in [2.75, 3.05) is 26.3 Å². The van der Waals surface area contributed by atoms with Gasteiger partial charge in [0.1, 0.15) is 12.1 Å². The molecule has 0 bridgehead atoms. The molecule has 0 aromatic rings. The van der Waals surface area contributed by atoms with Gasteiger partial charge in [0.2, 0.25) is 23.6 Å². The Morgan fingerprint density at radius 1 is 0.794 bits per heavy atom. The van der Waals surface area contributed by atoms with Gasteiger partial charge in [0.25, 0.3) is 0 Å². The largest absolute Gasteiger partial charge is 0.463 e. The molecule has 1 heterocycles. The lowest BCUT2D eigenvalue weighted by Crippen LogP contribution is -2.61. The molecular weight excluding hydrogens is 448 g/mol. The van der Waals surface area contributed by atoms with E-state index in [2.05, 4.69) is 30.7 Å². The van der Waals surface area contributed by atoms with Gasteiger partial charge >= 0.3 is 11.9 Å². The minimum absolute atomic E-state index is 0.193. The number of esters is 2. The van der Waals surface area contributed by atoms with Crippen LogP contribution in [-0.4, -0.2) is 74.0 Å². The fourth-order valence-corrected chi connectivity index (χ4v) is 2.32. The van der Waals surface area contributed by atoms with E-state index in [1.54, 1.807) is 20.8 Å². The van der Waals surface area contributed by atoms with E-state index in [1.165, 1.54) is 6.08 Å². The summed E-state index contributed by atoms with van der Waals surface area (Å²) < 4.78 is 9.21. The molecule has 1 aliphatic heterocycles. The number of piperazine rings is 1. The van der Waals surface area contributed by atoms with E-state index in [0.29, 0.717) is 13.2 Å². The van der Waals surface area contributed by atoms with Crippen molar-refractivity contribution in [1.82, 2.24) is 21.3 Å². The van der Waals surface area contributed by atoms with Crippen LogP contribution in [0, 0.1) is 0 Å². The smallest absolute Gasteiger partial charge is 0.330 e. The molecule has 0 aliphatic carbocycles. The highest BCUT2D eigenvalue weighted by Gasteiger charge is 2.30. The quantitative estimate of drug-likeness (QED) is 0.220. The SMILES string of the molecule is CCCNC(=O)/C=C/C(=O)OCC.CCOC(=O)/C=C/C(=O)NCCC1NC(=O)C(C)NC1=O. The molecule has 0 aromatic heterocycles. The molecule has 1 aliphatic rings. The summed E-state index contributed by atoms with van der Waals surface area (Å²) in [6.45, 7) is 8.28. The number of hydrogen-bond acceptors (Lipinski definition) is 8. The normalized spacial score (nSPS) is 17.2. The molecule has 0 saturated carbocycles. The minimum Gasteiger partial charge on any atom is -0.463 e. The summed E-state index contributed by atoms with van der Waals surface area (Å²) in [7, 11) is 0. The number of hydrogen-bond donors (Lipinski definition) is 4. The van der Waals surface area contributed by atoms with Gasteiger partial charge in [-0.15, -0.1) is 0 Å². The molecule has 1 saturated heterocycles. The van der Waals surface area contributed by atoms with Gasteiger partial charge in [0.15, 0.2) is 0 Å². The Balaban J connectivity index is 0.000000722. The molecule has 1 rings (SSSR count). The average molecular weight is 483 g/mol. The van der Waals surface area contributed by atoms with Gasteiger partial charge in [-0.3, -0.25) is 19.2 Å². The standard InChI is InChI=1S/C13H19N3O5.C9H15NO3/c1-3-21-11(18)5-4-10(17)14-7-6-9-13(20)15-8(2)12(19)16-9;1-3-7-10-8(11)5-6-9(12)13-4-2/h4-5,8-9H,3,6-7H2,1-2H3,(H,14,17)(H,15,20)(H,16,19);5-6H,3-4,7H2,1-2H3,(H,10,11)/b5-4+;6-5+. The summed E-state index contributed by atoms with van der Waals surface area (Å²) in [5.41, 5.74) is 0. The van der Waals surface area contributed by atoms with Gasteiger partial charge < -0.3 is 30.7 Å². The molecular formula is C22H34N4O8. The average Bonchev–Trinajstić information content (AvgIpc) is 2.79. The third-order valence-corrected chi connectivity index (χ3v) is 3.98. The number of carbonyl (C=O) groups is 6. The van der Waals surface area contributed by atoms with Crippen molar-refractivity contribution in [1.29, 1.82) is 0 Å². The van der Waals surface area contributed by atoms with Crippen LogP contribution in [0.2, 0.25) is 0 Å². The molecule has 4 N–H and O–H groups in total. The van der Waals surface area contributed by atoms with Crippen molar-refractivity contribution in [2.24, 2.45) is 0 Å². The first-order valence-electron chi connectivity index (χ1n) is 11.0. The van der Waals surface area contributed by atoms with Crippen molar-refractivity contribution in [2.45, 2.75) is 52.6 Å². The number of ether oxygens (including phenoxy) is 2. The van der Waals surface area contributed by atoms with Crippen molar-refractivity contribution in [3.05, 3.63) is 24.3 Å². The first kappa shape index (κ1) is 30.3. The first-order chi connectivity index (χ1) is 16.1. The molecule has 12 heteroatoms. The van der Waals surface area contributed by atoms with Crippen molar-refractivity contribution < 1.29 is 38.2 Å². The first-order valence-corrected chi connectivity index (χ1v) is 11.0. The van der Waals surface area contributed by atoms with E-state index in [9.17, 15) is 28.8 Å². The third kappa shape index (κ3) is 14.4. The lowest BCUT2D eigenvalue weighted by Gasteiger charge is -2.27. The highest BCUT2D eigenvalue weighted by Crippen LogP contribution is 2.00. The highest BCUT2D eigenvalue weighted by atomic mass is 16.5. The summed E-state index contributed by atoms with van der Waals surface area (Å²) in [5.74, 6) is -2.37. The number of amides is 4. The Hall–Kier alpha value is -3.70. The Morgan fingerprint density at radius 3 is 1.76 bits per heavy atom. The Morgan fingerprint density at radius 2 is 1.29 bits per heavy atom. The molecule has 2 atom stereocenters. The Kier molecular flexibility index (Phi) is 15.9. The number of nitrogens with one attached hydrogen (secondary N) is 4. The van der Waals surface area contributed by atoms with Gasteiger partial charge in [0.05, 0.1) is 13.2 Å². The predicted octanol–water partition coefficient (Wildman–Crippen LogP) is -0.753. The monoisotopic (exact) mass is 482 g/mol. The second kappa shape index (κ2) is 17.8. The fourth-order valence-electron chi connectivity index (χ4n) is 2.32. The van der Waals surface area contributed by atoms with E-state index >= 15 is 0 Å². The maximum Gasteiger partial charge on any atom is 0.330 e. The number of carbonyl (C=O) groups excluding carboxylic acids is 6. The summed E-state index contributed by atoms with van der Waals surface area (Å²) in [6, 6.07) is -1.21. The Labute approximate surface area is 198 Å². The maximum atomic E-state index is 11.6. The zero-order valence-electron chi connectivity index (χ0n) is 20.0. The second-order valence-electron chi connectivity index (χ2n) is 6.83. The summed E-state index contributed by atoms with van der Waals surface area (Å²) in [6.07, 6.45) is 5.51. The third-order valence-electron chi connectivity index (χ3n) is 3.98. The highest BCUT2D eigenvalue weighted by molar-refractivity contribution is 5.97. The van der Waals surface area contributed by atoms with E-state index in [1.807, 2.05) is 6.92 Å². The van der Waals surface area contributed by atoms with Crippen LogP contribution in [-0.2, 0) is 38.2 Å². The molecule has 1 fully saturated rings. The van der Waals surface area contributed by atoms with Crippen LogP contribution >= 0.6 is 0 Å². The summed E-state index contributed by atoms with van der Waals surface area (Å²) in [5, 5.41) is 10.2. The molecule has 0 spiro atoms.